The maximum Gasteiger partial charge on any atom is 0.215 e. The van der Waals surface area contributed by atoms with Gasteiger partial charge < -0.3 is 5.11 Å². The van der Waals surface area contributed by atoms with Crippen molar-refractivity contribution in [3.8, 4) is 5.88 Å². The van der Waals surface area contributed by atoms with E-state index in [2.05, 4.69) is 22.7 Å². The van der Waals surface area contributed by atoms with Crippen molar-refractivity contribution in [3.63, 3.8) is 0 Å². The van der Waals surface area contributed by atoms with Crippen LogP contribution in [-0.4, -0.2) is 19.7 Å². The largest absolute Gasteiger partial charge is 0.493 e. The number of aromatic hydroxyl groups is 1. The Hall–Kier alpha value is -2.35. The number of halogens is 4. The fourth-order valence-corrected chi connectivity index (χ4v) is 3.74. The molecule has 0 aliphatic carbocycles. The van der Waals surface area contributed by atoms with Gasteiger partial charge in [0, 0.05) is 24.1 Å². The molecule has 0 saturated carbocycles. The molecule has 0 fully saturated rings. The molecule has 4 rings (SSSR count). The number of rotatable bonds is 4. The van der Waals surface area contributed by atoms with Gasteiger partial charge in [-0.15, -0.1) is 0 Å². The molecule has 0 bridgehead atoms. The maximum absolute atomic E-state index is 14.1. The van der Waals surface area contributed by atoms with Crippen molar-refractivity contribution in [2.24, 2.45) is 0 Å². The van der Waals surface area contributed by atoms with E-state index in [1.807, 2.05) is 6.07 Å². The number of fused-ring (bicyclic) bond motifs is 1. The Labute approximate surface area is 180 Å². The minimum atomic E-state index is -1.00. The van der Waals surface area contributed by atoms with Gasteiger partial charge in [-0.3, -0.25) is 0 Å². The average molecular weight is 452 g/mol. The van der Waals surface area contributed by atoms with E-state index in [9.17, 15) is 13.9 Å². The van der Waals surface area contributed by atoms with Crippen LogP contribution in [0.3, 0.4) is 0 Å². The Kier molecular flexibility index (Phi) is 5.38. The van der Waals surface area contributed by atoms with Crippen molar-refractivity contribution in [3.05, 3.63) is 92.7 Å². The van der Waals surface area contributed by atoms with Gasteiger partial charge in [0.25, 0.3) is 0 Å². The van der Waals surface area contributed by atoms with Gasteiger partial charge in [0.05, 0.1) is 26.7 Å². The Morgan fingerprint density at radius 2 is 1.86 bits per heavy atom. The first-order valence-electron chi connectivity index (χ1n) is 8.48. The van der Waals surface area contributed by atoms with E-state index in [-0.39, 0.29) is 17.1 Å². The van der Waals surface area contributed by atoms with Crippen LogP contribution in [-0.2, 0) is 6.42 Å². The molecule has 2 aromatic heterocycles. The van der Waals surface area contributed by atoms with Gasteiger partial charge in [0.2, 0.25) is 5.88 Å². The number of benzene rings is 2. The minimum absolute atomic E-state index is 0.0232. The molecule has 0 spiro atoms. The SMILES string of the molecule is Oc1cc(C(S)c2cccc(F)c2F)nc2cc(Cc3cccc(Cl)c3Cl)nn12. The van der Waals surface area contributed by atoms with Crippen LogP contribution in [0.2, 0.25) is 10.0 Å². The molecule has 1 atom stereocenters. The zero-order valence-electron chi connectivity index (χ0n) is 14.7. The molecule has 4 nitrogen and oxygen atoms in total. The van der Waals surface area contributed by atoms with Crippen LogP contribution in [0.1, 0.15) is 27.8 Å². The summed E-state index contributed by atoms with van der Waals surface area (Å²) >= 11 is 16.6. The van der Waals surface area contributed by atoms with E-state index in [4.69, 9.17) is 23.2 Å². The summed E-state index contributed by atoms with van der Waals surface area (Å²) in [7, 11) is 0. The highest BCUT2D eigenvalue weighted by molar-refractivity contribution is 7.80. The van der Waals surface area contributed by atoms with E-state index in [1.165, 1.54) is 22.7 Å². The number of thiol groups is 1. The molecule has 148 valence electrons. The lowest BCUT2D eigenvalue weighted by Crippen LogP contribution is -2.03. The second kappa shape index (κ2) is 7.82. The van der Waals surface area contributed by atoms with Gasteiger partial charge in [-0.25, -0.2) is 13.8 Å². The first kappa shape index (κ1) is 19.9. The molecule has 1 N–H and O–H groups in total. The minimum Gasteiger partial charge on any atom is -0.493 e. The molecule has 0 saturated heterocycles. The topological polar surface area (TPSA) is 50.4 Å². The summed E-state index contributed by atoms with van der Waals surface area (Å²) in [6.45, 7) is 0. The number of aromatic nitrogens is 3. The predicted molar refractivity (Wildman–Crippen MR) is 111 cm³/mol. The van der Waals surface area contributed by atoms with Crippen LogP contribution in [0.5, 0.6) is 5.88 Å². The van der Waals surface area contributed by atoms with Crippen molar-refractivity contribution in [1.82, 2.24) is 14.6 Å². The van der Waals surface area contributed by atoms with E-state index < -0.39 is 16.9 Å². The van der Waals surface area contributed by atoms with Gasteiger partial charge >= 0.3 is 0 Å². The fourth-order valence-electron chi connectivity index (χ4n) is 3.02. The van der Waals surface area contributed by atoms with Crippen LogP contribution >= 0.6 is 35.8 Å². The summed E-state index contributed by atoms with van der Waals surface area (Å²) in [6, 6.07) is 12.1. The quantitative estimate of drug-likeness (QED) is 0.395. The molecule has 0 amide bonds. The summed E-state index contributed by atoms with van der Waals surface area (Å²) in [4.78, 5) is 4.40. The second-order valence-electron chi connectivity index (χ2n) is 6.38. The smallest absolute Gasteiger partial charge is 0.215 e. The molecule has 4 aromatic rings. The van der Waals surface area contributed by atoms with Crippen LogP contribution in [0.4, 0.5) is 8.78 Å². The Balaban J connectivity index is 1.72. The summed E-state index contributed by atoms with van der Waals surface area (Å²) in [5, 5.41) is 14.7. The molecule has 9 heteroatoms. The van der Waals surface area contributed by atoms with Crippen molar-refractivity contribution in [2.75, 3.05) is 0 Å². The third-order valence-corrected chi connectivity index (χ3v) is 5.84. The summed E-state index contributed by atoms with van der Waals surface area (Å²) in [5.74, 6) is -2.18. The number of nitrogens with zero attached hydrogens (tertiary/aromatic N) is 3. The van der Waals surface area contributed by atoms with Crippen molar-refractivity contribution >= 4 is 41.5 Å². The highest BCUT2D eigenvalue weighted by Crippen LogP contribution is 2.32. The van der Waals surface area contributed by atoms with E-state index in [0.717, 1.165) is 11.6 Å². The average Bonchev–Trinajstić information content (AvgIpc) is 3.10. The molecular weight excluding hydrogens is 439 g/mol. The van der Waals surface area contributed by atoms with Crippen LogP contribution in [0, 0.1) is 11.6 Å². The number of hydrogen-bond acceptors (Lipinski definition) is 4. The van der Waals surface area contributed by atoms with Crippen LogP contribution in [0.25, 0.3) is 5.65 Å². The monoisotopic (exact) mass is 451 g/mol. The fraction of sp³-hybridized carbons (Fsp3) is 0.100. The summed E-state index contributed by atoms with van der Waals surface area (Å²) in [5.41, 5.74) is 1.99. The zero-order chi connectivity index (χ0) is 20.7. The molecule has 0 radical (unpaired) electrons. The van der Waals surface area contributed by atoms with Crippen molar-refractivity contribution < 1.29 is 13.9 Å². The molecule has 1 unspecified atom stereocenters. The molecule has 29 heavy (non-hydrogen) atoms. The summed E-state index contributed by atoms with van der Waals surface area (Å²) in [6.07, 6.45) is 0.375. The molecule has 0 aliphatic heterocycles. The van der Waals surface area contributed by atoms with Gasteiger partial charge in [-0.2, -0.15) is 22.2 Å². The third kappa shape index (κ3) is 3.77. The van der Waals surface area contributed by atoms with Crippen LogP contribution < -0.4 is 0 Å². The maximum atomic E-state index is 14.1. The van der Waals surface area contributed by atoms with Gasteiger partial charge in [0.1, 0.15) is 0 Å². The van der Waals surface area contributed by atoms with Gasteiger partial charge in [0.15, 0.2) is 17.3 Å². The number of hydrogen-bond donors (Lipinski definition) is 2. The third-order valence-electron chi connectivity index (χ3n) is 4.44. The predicted octanol–water partition coefficient (Wildman–Crippen LogP) is 5.63. The lowest BCUT2D eigenvalue weighted by Gasteiger charge is -2.12. The van der Waals surface area contributed by atoms with Crippen LogP contribution in [0.15, 0.2) is 48.5 Å². The molecular formula is C20H13Cl2F2N3OS. The Bertz CT molecular complexity index is 1230. The van der Waals surface area contributed by atoms with Gasteiger partial charge in [-0.05, 0) is 17.7 Å². The van der Waals surface area contributed by atoms with Crippen molar-refractivity contribution in [2.45, 2.75) is 11.7 Å². The second-order valence-corrected chi connectivity index (χ2v) is 7.68. The van der Waals surface area contributed by atoms with Gasteiger partial charge in [-0.1, -0.05) is 47.5 Å². The molecule has 0 aliphatic rings. The zero-order valence-corrected chi connectivity index (χ0v) is 17.1. The van der Waals surface area contributed by atoms with E-state index >= 15 is 0 Å². The Morgan fingerprint density at radius 1 is 1.10 bits per heavy atom. The normalized spacial score (nSPS) is 12.4. The first-order valence-corrected chi connectivity index (χ1v) is 9.76. The summed E-state index contributed by atoms with van der Waals surface area (Å²) < 4.78 is 28.9. The lowest BCUT2D eigenvalue weighted by atomic mass is 10.1. The van der Waals surface area contributed by atoms with E-state index in [0.29, 0.717) is 27.8 Å². The molecule has 2 heterocycles. The van der Waals surface area contributed by atoms with Crippen molar-refractivity contribution in [1.29, 1.82) is 0 Å². The molecule has 2 aromatic carbocycles. The Morgan fingerprint density at radius 3 is 2.66 bits per heavy atom. The standard InChI is InChI=1S/C20H13Cl2F2N3OS/c21-13-5-1-3-10(18(13)22)7-11-8-16-25-15(9-17(28)27(16)26-11)20(29)12-4-2-6-14(23)19(12)24/h1-6,8-9,20,28-29H,7H2. The lowest BCUT2D eigenvalue weighted by molar-refractivity contribution is 0.433. The highest BCUT2D eigenvalue weighted by atomic mass is 35.5. The first-order chi connectivity index (χ1) is 13.8. The highest BCUT2D eigenvalue weighted by Gasteiger charge is 2.20. The van der Waals surface area contributed by atoms with E-state index in [1.54, 1.807) is 18.2 Å².